The number of hydrogen-bond acceptors (Lipinski definition) is 4. The first-order valence-corrected chi connectivity index (χ1v) is 7.92. The number of rotatable bonds is 3. The summed E-state index contributed by atoms with van der Waals surface area (Å²) < 4.78 is 0. The maximum atomic E-state index is 12.3. The van der Waals surface area contributed by atoms with Crippen molar-refractivity contribution in [2.75, 3.05) is 5.32 Å². The monoisotopic (exact) mass is 338 g/mol. The number of amides is 2. The molecule has 2 heterocycles. The molecule has 1 aromatic carbocycles. The largest absolute Gasteiger partial charge is 0.328 e. The summed E-state index contributed by atoms with van der Waals surface area (Å²) in [7, 11) is 0. The molecule has 1 aliphatic rings. The van der Waals surface area contributed by atoms with Crippen molar-refractivity contribution in [1.29, 1.82) is 0 Å². The Balaban J connectivity index is 1.78. The standard InChI is InChI=1S/C18H18N4O3/c1-10-7-8-19-17(24)15(10)18(25)20-13-5-3-12(4-6-13)16-11(2)9-14(23)21-22-16/h3-8,11H,9H2,1-2H3,(H,19,24)(H,20,25)(H,21,23). The number of H-pyrrole nitrogens is 1. The quantitative estimate of drug-likeness (QED) is 0.795. The van der Waals surface area contributed by atoms with E-state index >= 15 is 0 Å². The van der Waals surface area contributed by atoms with E-state index in [1.807, 2.05) is 19.1 Å². The first-order valence-electron chi connectivity index (χ1n) is 7.92. The Morgan fingerprint density at radius 3 is 2.56 bits per heavy atom. The fourth-order valence-corrected chi connectivity index (χ4v) is 2.78. The van der Waals surface area contributed by atoms with E-state index in [2.05, 4.69) is 20.8 Å². The minimum Gasteiger partial charge on any atom is -0.328 e. The van der Waals surface area contributed by atoms with Crippen LogP contribution in [0.25, 0.3) is 0 Å². The molecule has 0 radical (unpaired) electrons. The van der Waals surface area contributed by atoms with E-state index in [0.717, 1.165) is 11.3 Å². The molecule has 3 rings (SSSR count). The van der Waals surface area contributed by atoms with Gasteiger partial charge in [0.25, 0.3) is 11.5 Å². The van der Waals surface area contributed by atoms with Gasteiger partial charge in [-0.25, -0.2) is 5.43 Å². The zero-order valence-electron chi connectivity index (χ0n) is 13.9. The van der Waals surface area contributed by atoms with E-state index in [1.54, 1.807) is 25.1 Å². The van der Waals surface area contributed by atoms with E-state index in [9.17, 15) is 14.4 Å². The van der Waals surface area contributed by atoms with Crippen LogP contribution in [0.4, 0.5) is 5.69 Å². The molecule has 1 aliphatic heterocycles. The molecule has 0 bridgehead atoms. The van der Waals surface area contributed by atoms with Crippen LogP contribution in [0.15, 0.2) is 46.4 Å². The lowest BCUT2D eigenvalue weighted by Gasteiger charge is -2.19. The van der Waals surface area contributed by atoms with Crippen molar-refractivity contribution >= 4 is 23.2 Å². The van der Waals surface area contributed by atoms with Gasteiger partial charge >= 0.3 is 0 Å². The van der Waals surface area contributed by atoms with E-state index in [4.69, 9.17) is 0 Å². The van der Waals surface area contributed by atoms with Crippen molar-refractivity contribution in [3.8, 4) is 0 Å². The second-order valence-electron chi connectivity index (χ2n) is 6.03. The molecule has 25 heavy (non-hydrogen) atoms. The average Bonchev–Trinajstić information content (AvgIpc) is 2.56. The van der Waals surface area contributed by atoms with Crippen LogP contribution in [0.3, 0.4) is 0 Å². The molecule has 7 heteroatoms. The summed E-state index contributed by atoms with van der Waals surface area (Å²) >= 11 is 0. The predicted molar refractivity (Wildman–Crippen MR) is 94.7 cm³/mol. The number of aromatic nitrogens is 1. The summed E-state index contributed by atoms with van der Waals surface area (Å²) in [6, 6.07) is 8.81. The van der Waals surface area contributed by atoms with Crippen LogP contribution in [0.2, 0.25) is 0 Å². The number of anilines is 1. The number of benzene rings is 1. The van der Waals surface area contributed by atoms with Crippen LogP contribution in [0.1, 0.15) is 34.8 Å². The SMILES string of the molecule is Cc1cc[nH]c(=O)c1C(=O)Nc1ccc(C2=NNC(=O)CC2C)cc1. The average molecular weight is 338 g/mol. The van der Waals surface area contributed by atoms with Gasteiger partial charge in [-0.3, -0.25) is 14.4 Å². The van der Waals surface area contributed by atoms with Crippen LogP contribution < -0.4 is 16.3 Å². The second kappa shape index (κ2) is 6.72. The fraction of sp³-hybridized carbons (Fsp3) is 0.222. The third-order valence-corrected chi connectivity index (χ3v) is 4.09. The molecule has 0 aliphatic carbocycles. The van der Waals surface area contributed by atoms with Gasteiger partial charge in [0.2, 0.25) is 5.91 Å². The summed E-state index contributed by atoms with van der Waals surface area (Å²) in [6.45, 7) is 3.65. The van der Waals surface area contributed by atoms with Gasteiger partial charge in [0.15, 0.2) is 0 Å². The Morgan fingerprint density at radius 1 is 1.20 bits per heavy atom. The van der Waals surface area contributed by atoms with Crippen molar-refractivity contribution in [1.82, 2.24) is 10.4 Å². The highest BCUT2D eigenvalue weighted by molar-refractivity contribution is 6.07. The van der Waals surface area contributed by atoms with Crippen LogP contribution >= 0.6 is 0 Å². The van der Waals surface area contributed by atoms with Gasteiger partial charge in [-0.05, 0) is 36.2 Å². The van der Waals surface area contributed by atoms with Gasteiger partial charge in [0.1, 0.15) is 5.56 Å². The molecule has 2 aromatic rings. The molecular weight excluding hydrogens is 320 g/mol. The van der Waals surface area contributed by atoms with Crippen LogP contribution in [0, 0.1) is 12.8 Å². The highest BCUT2D eigenvalue weighted by Gasteiger charge is 2.21. The van der Waals surface area contributed by atoms with E-state index in [-0.39, 0.29) is 17.4 Å². The number of aromatic amines is 1. The van der Waals surface area contributed by atoms with Gasteiger partial charge in [0, 0.05) is 24.2 Å². The zero-order valence-corrected chi connectivity index (χ0v) is 13.9. The Labute approximate surface area is 144 Å². The minimum atomic E-state index is -0.456. The number of hydrogen-bond donors (Lipinski definition) is 3. The summed E-state index contributed by atoms with van der Waals surface area (Å²) in [5.74, 6) is -0.522. The Hall–Kier alpha value is -3.22. The fourth-order valence-electron chi connectivity index (χ4n) is 2.78. The highest BCUT2D eigenvalue weighted by atomic mass is 16.2. The molecule has 0 saturated heterocycles. The molecule has 7 nitrogen and oxygen atoms in total. The predicted octanol–water partition coefficient (Wildman–Crippen LogP) is 1.80. The first-order chi connectivity index (χ1) is 12.0. The number of carbonyl (C=O) groups is 2. The van der Waals surface area contributed by atoms with Gasteiger partial charge in [-0.1, -0.05) is 19.1 Å². The number of aryl methyl sites for hydroxylation is 1. The number of nitrogens with one attached hydrogen (secondary N) is 3. The van der Waals surface area contributed by atoms with E-state index in [0.29, 0.717) is 17.7 Å². The topological polar surface area (TPSA) is 103 Å². The van der Waals surface area contributed by atoms with Gasteiger partial charge < -0.3 is 10.3 Å². The molecule has 0 spiro atoms. The van der Waals surface area contributed by atoms with Gasteiger partial charge in [0.05, 0.1) is 5.71 Å². The molecule has 1 aromatic heterocycles. The summed E-state index contributed by atoms with van der Waals surface area (Å²) in [5, 5.41) is 6.83. The lowest BCUT2D eigenvalue weighted by atomic mass is 9.94. The lowest BCUT2D eigenvalue weighted by molar-refractivity contribution is -0.121. The Kier molecular flexibility index (Phi) is 4.47. The summed E-state index contributed by atoms with van der Waals surface area (Å²) in [6.07, 6.45) is 1.90. The van der Waals surface area contributed by atoms with Crippen LogP contribution in [0.5, 0.6) is 0 Å². The zero-order chi connectivity index (χ0) is 18.0. The number of pyridine rings is 1. The maximum Gasteiger partial charge on any atom is 0.261 e. The summed E-state index contributed by atoms with van der Waals surface area (Å²) in [5.41, 5.74) is 5.02. The van der Waals surface area contributed by atoms with Crippen molar-refractivity contribution in [2.24, 2.45) is 11.0 Å². The van der Waals surface area contributed by atoms with Crippen LogP contribution in [-0.4, -0.2) is 22.5 Å². The molecule has 0 saturated carbocycles. The Bertz CT molecular complexity index is 913. The number of carbonyl (C=O) groups excluding carboxylic acids is 2. The molecule has 128 valence electrons. The molecule has 1 atom stereocenters. The molecular formula is C18H18N4O3. The molecule has 2 amide bonds. The summed E-state index contributed by atoms with van der Waals surface area (Å²) in [4.78, 5) is 38.0. The van der Waals surface area contributed by atoms with E-state index in [1.165, 1.54) is 6.20 Å². The third kappa shape index (κ3) is 3.50. The molecule has 3 N–H and O–H groups in total. The number of nitrogens with zero attached hydrogens (tertiary/aromatic N) is 1. The normalized spacial score (nSPS) is 16.8. The smallest absolute Gasteiger partial charge is 0.261 e. The lowest BCUT2D eigenvalue weighted by Crippen LogP contribution is -2.31. The second-order valence-corrected chi connectivity index (χ2v) is 6.03. The van der Waals surface area contributed by atoms with Crippen LogP contribution in [-0.2, 0) is 4.79 Å². The Morgan fingerprint density at radius 2 is 1.92 bits per heavy atom. The first kappa shape index (κ1) is 16.6. The highest BCUT2D eigenvalue weighted by Crippen LogP contribution is 2.19. The van der Waals surface area contributed by atoms with Crippen molar-refractivity contribution < 1.29 is 9.59 Å². The third-order valence-electron chi connectivity index (χ3n) is 4.09. The van der Waals surface area contributed by atoms with Crippen molar-refractivity contribution in [3.63, 3.8) is 0 Å². The maximum absolute atomic E-state index is 12.3. The van der Waals surface area contributed by atoms with Crippen molar-refractivity contribution in [3.05, 3.63) is 63.6 Å². The van der Waals surface area contributed by atoms with Gasteiger partial charge in [-0.15, -0.1) is 0 Å². The minimum absolute atomic E-state index is 0.0275. The van der Waals surface area contributed by atoms with E-state index < -0.39 is 11.5 Å². The van der Waals surface area contributed by atoms with Crippen molar-refractivity contribution in [2.45, 2.75) is 20.3 Å². The molecule has 0 fully saturated rings. The van der Waals surface area contributed by atoms with Gasteiger partial charge in [-0.2, -0.15) is 5.10 Å². The number of hydrazone groups is 1. The molecule has 1 unspecified atom stereocenters.